The molecule has 3 heterocycles. The summed E-state index contributed by atoms with van der Waals surface area (Å²) in [6.07, 6.45) is -15.5. The lowest BCUT2D eigenvalue weighted by Gasteiger charge is -2.42. The Balaban J connectivity index is 1.35. The summed E-state index contributed by atoms with van der Waals surface area (Å²) in [5.41, 5.74) is -1.03. The minimum atomic E-state index is -1.44. The van der Waals surface area contributed by atoms with E-state index < -0.39 is 135 Å². The summed E-state index contributed by atoms with van der Waals surface area (Å²) in [5.74, 6) is -2.37. The Morgan fingerprint density at radius 2 is 0.628 bits per heavy atom. The smallest absolute Gasteiger partial charge is 0.222 e. The SMILES string of the molecule is C[B]NC(COCCC(=O)NCCOCCOCCOC1OC(CO)C(O)C(O)C1NC(C)=O)(COCCC(=O)NCCOCCOCCOC1OC(CO)C(O)C(O)C1NC(C)=O)COCCC(=O)NCCOCCOCCOC1OC(CO)C(O)C(O)C1NC(C)=O. The molecule has 0 bridgehead atoms. The number of ether oxygens (including phenoxy) is 15. The lowest BCUT2D eigenvalue weighted by molar-refractivity contribution is -0.272. The Bertz CT molecular complexity index is 1880. The Morgan fingerprint density at radius 3 is 0.872 bits per heavy atom. The first-order chi connectivity index (χ1) is 45.2. The van der Waals surface area contributed by atoms with Crippen LogP contribution >= 0.6 is 0 Å². The van der Waals surface area contributed by atoms with Crippen molar-refractivity contribution >= 4 is 42.9 Å². The molecule has 16 N–H and O–H groups in total. The van der Waals surface area contributed by atoms with Gasteiger partial charge in [-0.05, 0) is 0 Å². The average Bonchev–Trinajstić information content (AvgIpc) is 0.831. The highest BCUT2D eigenvalue weighted by atomic mass is 16.7. The molecule has 3 rings (SSSR count). The molecular formula is C56H103BN7O30. The predicted molar refractivity (Wildman–Crippen MR) is 322 cm³/mol. The molecule has 3 aliphatic heterocycles. The summed E-state index contributed by atoms with van der Waals surface area (Å²) in [5, 5.41) is 109. The number of rotatable bonds is 53. The number of amides is 6. The van der Waals surface area contributed by atoms with E-state index in [-0.39, 0.29) is 195 Å². The van der Waals surface area contributed by atoms with Crippen LogP contribution in [0.1, 0.15) is 40.0 Å². The van der Waals surface area contributed by atoms with Crippen LogP contribution in [0.4, 0.5) is 0 Å². The van der Waals surface area contributed by atoms with Crippen molar-refractivity contribution in [3.63, 3.8) is 0 Å². The Hall–Kier alpha value is -4.12. The number of nitrogens with one attached hydrogen (secondary N) is 7. The fourth-order valence-corrected chi connectivity index (χ4v) is 9.38. The van der Waals surface area contributed by atoms with E-state index in [4.69, 9.17) is 71.1 Å². The van der Waals surface area contributed by atoms with E-state index in [1.807, 2.05) is 0 Å². The maximum Gasteiger partial charge on any atom is 0.222 e. The van der Waals surface area contributed by atoms with Gasteiger partial charge in [0.1, 0.15) is 73.1 Å². The van der Waals surface area contributed by atoms with Gasteiger partial charge in [0.25, 0.3) is 0 Å². The lowest BCUT2D eigenvalue weighted by atomic mass is 9.90. The molecule has 0 aliphatic carbocycles. The van der Waals surface area contributed by atoms with Crippen LogP contribution in [0.25, 0.3) is 0 Å². The van der Waals surface area contributed by atoms with Crippen molar-refractivity contribution in [2.45, 2.75) is 144 Å². The molecule has 0 saturated carbocycles. The van der Waals surface area contributed by atoms with Gasteiger partial charge in [-0.15, -0.1) is 0 Å². The molecule has 0 spiro atoms. The fourth-order valence-electron chi connectivity index (χ4n) is 9.38. The van der Waals surface area contributed by atoms with Gasteiger partial charge in [0.15, 0.2) is 18.9 Å². The number of hydrogen-bond acceptors (Lipinski definition) is 31. The lowest BCUT2D eigenvalue weighted by Crippen LogP contribution is -2.64. The van der Waals surface area contributed by atoms with Crippen molar-refractivity contribution in [1.29, 1.82) is 0 Å². The molecule has 3 saturated heterocycles. The van der Waals surface area contributed by atoms with Crippen LogP contribution in [-0.2, 0) is 99.8 Å². The highest BCUT2D eigenvalue weighted by Crippen LogP contribution is 2.25. The molecule has 0 aromatic carbocycles. The van der Waals surface area contributed by atoms with Crippen LogP contribution in [0.15, 0.2) is 0 Å². The topological polar surface area (TPSA) is 507 Å². The first-order valence-corrected chi connectivity index (χ1v) is 31.3. The number of aliphatic hydroxyl groups excluding tert-OH is 9. The number of aliphatic hydroxyl groups is 9. The van der Waals surface area contributed by atoms with E-state index in [1.165, 1.54) is 20.8 Å². The van der Waals surface area contributed by atoms with E-state index >= 15 is 0 Å². The summed E-state index contributed by atoms with van der Waals surface area (Å²) in [6, 6.07) is -3.23. The van der Waals surface area contributed by atoms with Gasteiger partial charge in [-0.2, -0.15) is 0 Å². The van der Waals surface area contributed by atoms with Crippen molar-refractivity contribution in [1.82, 2.24) is 37.1 Å². The van der Waals surface area contributed by atoms with Gasteiger partial charge >= 0.3 is 0 Å². The number of carbonyl (C=O) groups is 6. The van der Waals surface area contributed by atoms with Crippen LogP contribution in [-0.4, -0.2) is 364 Å². The summed E-state index contributed by atoms with van der Waals surface area (Å²) in [6.45, 7) is 6.13. The third kappa shape index (κ3) is 33.4. The van der Waals surface area contributed by atoms with Crippen LogP contribution < -0.4 is 37.1 Å². The van der Waals surface area contributed by atoms with Crippen molar-refractivity contribution in [3.8, 4) is 0 Å². The molecule has 94 heavy (non-hydrogen) atoms. The maximum absolute atomic E-state index is 12.7. The van der Waals surface area contributed by atoms with Crippen LogP contribution in [0.3, 0.4) is 0 Å². The standard InChI is InChI=1S/C56H103BN7O30/c1-35(68)61-44-50(77)47(74)38(29-65)92-53(44)89-26-23-83-20-17-80-14-8-58-41(71)5-11-86-32-56(64-57-4,33-87-12-6-42(72)59-9-15-81-18-21-84-24-27-90-54-45(62-36(2)69)51(78)48(75)39(30-66)93-54)34-88-13-7-43(73)60-10-16-82-19-22-85-25-28-91-55-46(63-37(3)70)52(79)49(76)40(31-67)94-55/h38-40,44-55,64-67,74-79H,5-34H2,1-4H3,(H,58,71)(H,59,72)(H,60,73)(H,61,68)(H,62,69)(H,63,70). The van der Waals surface area contributed by atoms with Crippen molar-refractivity contribution in [3.05, 3.63) is 0 Å². The minimum absolute atomic E-state index is 0.00647. The molecule has 0 aromatic rings. The van der Waals surface area contributed by atoms with Gasteiger partial charge in [-0.25, -0.2) is 0 Å². The highest BCUT2D eigenvalue weighted by Gasteiger charge is 2.48. The molecule has 1 radical (unpaired) electrons. The second kappa shape index (κ2) is 49.4. The third-order valence-corrected chi connectivity index (χ3v) is 14.1. The Labute approximate surface area is 546 Å². The second-order valence-corrected chi connectivity index (χ2v) is 21.8. The van der Waals surface area contributed by atoms with E-state index in [0.717, 1.165) is 0 Å². The molecule has 38 heteroatoms. The summed E-state index contributed by atoms with van der Waals surface area (Å²) in [4.78, 5) is 73.0. The molecule has 15 unspecified atom stereocenters. The zero-order valence-electron chi connectivity index (χ0n) is 54.0. The molecular weight excluding hydrogens is 1260 g/mol. The van der Waals surface area contributed by atoms with Crippen LogP contribution in [0, 0.1) is 0 Å². The van der Waals surface area contributed by atoms with Gasteiger partial charge in [0.2, 0.25) is 42.9 Å². The van der Waals surface area contributed by atoms with Gasteiger partial charge < -0.3 is 154 Å². The maximum atomic E-state index is 12.7. The molecule has 37 nitrogen and oxygen atoms in total. The Morgan fingerprint density at radius 1 is 0.372 bits per heavy atom. The third-order valence-electron chi connectivity index (χ3n) is 14.1. The van der Waals surface area contributed by atoms with E-state index in [9.17, 15) is 74.7 Å². The molecule has 3 aliphatic rings. The van der Waals surface area contributed by atoms with E-state index in [2.05, 4.69) is 37.1 Å². The first-order valence-electron chi connectivity index (χ1n) is 31.3. The number of hydrogen-bond donors (Lipinski definition) is 16. The average molecular weight is 1370 g/mol. The highest BCUT2D eigenvalue weighted by molar-refractivity contribution is 6.30. The van der Waals surface area contributed by atoms with Gasteiger partial charge in [0, 0.05) is 59.7 Å². The zero-order chi connectivity index (χ0) is 69.1. The zero-order valence-corrected chi connectivity index (χ0v) is 54.0. The first kappa shape index (κ1) is 84.1. The van der Waals surface area contributed by atoms with Crippen molar-refractivity contribution in [2.75, 3.05) is 178 Å². The molecule has 545 valence electrons. The monoisotopic (exact) mass is 1360 g/mol. The van der Waals surface area contributed by atoms with Crippen molar-refractivity contribution in [2.24, 2.45) is 0 Å². The summed E-state index contributed by atoms with van der Waals surface area (Å²) < 4.78 is 84.4. The summed E-state index contributed by atoms with van der Waals surface area (Å²) in [7, 11) is 1.66. The Kier molecular flexibility index (Phi) is 44.2. The second-order valence-electron chi connectivity index (χ2n) is 21.8. The van der Waals surface area contributed by atoms with Crippen LogP contribution in [0.2, 0.25) is 6.82 Å². The number of carbonyl (C=O) groups excluding carboxylic acids is 6. The largest absolute Gasteiger partial charge is 0.394 e. The normalized spacial score (nSPS) is 26.8. The molecule has 15 atom stereocenters. The van der Waals surface area contributed by atoms with E-state index in [1.54, 1.807) is 14.2 Å². The fraction of sp³-hybridized carbons (Fsp3) is 0.893. The molecule has 3 fully saturated rings. The van der Waals surface area contributed by atoms with E-state index in [0.29, 0.717) is 0 Å². The molecule has 6 amide bonds. The summed E-state index contributed by atoms with van der Waals surface area (Å²) >= 11 is 0. The van der Waals surface area contributed by atoms with Gasteiger partial charge in [-0.1, -0.05) is 6.82 Å². The van der Waals surface area contributed by atoms with Gasteiger partial charge in [-0.3, -0.25) is 28.8 Å². The quantitative estimate of drug-likeness (QED) is 0.0199. The predicted octanol–water partition coefficient (Wildman–Crippen LogP) is -9.47. The van der Waals surface area contributed by atoms with Crippen molar-refractivity contribution < 1.29 is 146 Å². The minimum Gasteiger partial charge on any atom is -0.394 e. The van der Waals surface area contributed by atoms with Gasteiger partial charge in [0.05, 0.1) is 164 Å². The van der Waals surface area contributed by atoms with Crippen LogP contribution in [0.5, 0.6) is 0 Å². The molecule has 0 aromatic heterocycles.